The molecule has 0 atom stereocenters. The summed E-state index contributed by atoms with van der Waals surface area (Å²) in [6, 6.07) is 158. The van der Waals surface area contributed by atoms with E-state index >= 15 is 0 Å². The van der Waals surface area contributed by atoms with Crippen LogP contribution in [0, 0.1) is 45.3 Å². The van der Waals surface area contributed by atoms with Crippen molar-refractivity contribution in [3.8, 4) is 91.5 Å². The Kier molecular flexibility index (Phi) is 18.8. The number of nitriles is 4. The van der Waals surface area contributed by atoms with Crippen LogP contribution in [0.3, 0.4) is 0 Å². The first kappa shape index (κ1) is 79.0. The maximum atomic E-state index is 10.1. The highest BCUT2D eigenvalue weighted by Crippen LogP contribution is 2.47. The first-order valence-corrected chi connectivity index (χ1v) is 45.1. The third-order valence-corrected chi connectivity index (χ3v) is 26.6. The quantitative estimate of drug-likeness (QED) is 0.145. The molecule has 0 spiro atoms. The zero-order valence-electron chi connectivity index (χ0n) is 72.8. The second-order valence-electron chi connectivity index (χ2n) is 34.0. The maximum absolute atomic E-state index is 10.1. The number of rotatable bonds is 8. The fraction of sp³-hybridized carbons (Fsp3) is 0. The van der Waals surface area contributed by atoms with Crippen molar-refractivity contribution in [3.63, 3.8) is 0 Å². The average Bonchev–Trinajstić information content (AvgIpc) is 1.58. The molecule has 0 unspecified atom stereocenters. The predicted octanol–water partition coefficient (Wildman–Crippen LogP) is 32.9. The minimum absolute atomic E-state index is 0.629. The zero-order valence-corrected chi connectivity index (χ0v) is 72.8. The maximum Gasteiger partial charge on any atom is 0.136 e. The molecule has 0 saturated heterocycles. The van der Waals surface area contributed by atoms with Gasteiger partial charge in [0.25, 0.3) is 0 Å². The molecule has 0 aliphatic rings. The van der Waals surface area contributed by atoms with Gasteiger partial charge in [-0.1, -0.05) is 267 Å². The molecule has 28 rings (SSSR count). The molecule has 0 N–H and O–H groups in total. The normalized spacial score (nSPS) is 11.5. The van der Waals surface area contributed by atoms with E-state index in [1.54, 1.807) is 0 Å². The number of hydrogen-bond donors (Lipinski definition) is 0. The molecule has 0 aliphatic carbocycles. The summed E-state index contributed by atoms with van der Waals surface area (Å²) in [5.74, 6) is 0. The van der Waals surface area contributed by atoms with Crippen molar-refractivity contribution in [2.24, 2.45) is 0 Å². The summed E-state index contributed by atoms with van der Waals surface area (Å²) in [5.41, 5.74) is 30.1. The fourth-order valence-corrected chi connectivity index (χ4v) is 20.6. The van der Waals surface area contributed by atoms with E-state index in [-0.39, 0.29) is 0 Å². The Morgan fingerprint density at radius 3 is 0.838 bits per heavy atom. The molecule has 0 saturated carbocycles. The van der Waals surface area contributed by atoms with Crippen LogP contribution in [-0.4, -0.2) is 18.3 Å². The lowest BCUT2D eigenvalue weighted by molar-refractivity contribution is 0.668. The summed E-state index contributed by atoms with van der Waals surface area (Å²) in [4.78, 5) is 0. The highest BCUT2D eigenvalue weighted by Gasteiger charge is 2.26. The van der Waals surface area contributed by atoms with E-state index in [1.807, 2.05) is 140 Å². The molecule has 20 aromatic carbocycles. The molecule has 28 aromatic rings. The molecule has 12 nitrogen and oxygen atoms in total. The van der Waals surface area contributed by atoms with Gasteiger partial charge in [-0.25, -0.2) is 0 Å². The lowest BCUT2D eigenvalue weighted by Gasteiger charge is -2.15. The van der Waals surface area contributed by atoms with E-state index in [2.05, 4.69) is 340 Å². The third kappa shape index (κ3) is 12.9. The molecular formula is C124H72N8O4. The highest BCUT2D eigenvalue weighted by atomic mass is 16.3. The van der Waals surface area contributed by atoms with Gasteiger partial charge >= 0.3 is 0 Å². The second kappa shape index (κ2) is 32.4. The van der Waals surface area contributed by atoms with Gasteiger partial charge in [0.15, 0.2) is 0 Å². The number of nitrogens with zero attached hydrogens (tertiary/aromatic N) is 8. The summed E-state index contributed by atoms with van der Waals surface area (Å²) in [6.45, 7) is 0. The van der Waals surface area contributed by atoms with Crippen LogP contribution in [-0.2, 0) is 0 Å². The Bertz CT molecular complexity index is 9570. The fourth-order valence-electron chi connectivity index (χ4n) is 20.6. The molecule has 136 heavy (non-hydrogen) atoms. The van der Waals surface area contributed by atoms with Gasteiger partial charge in [0.2, 0.25) is 0 Å². The zero-order chi connectivity index (χ0) is 90.6. The van der Waals surface area contributed by atoms with Crippen molar-refractivity contribution >= 4 is 175 Å². The van der Waals surface area contributed by atoms with Gasteiger partial charge in [-0.05, 0) is 192 Å². The van der Waals surface area contributed by atoms with Crippen LogP contribution in [0.5, 0.6) is 0 Å². The molecule has 0 radical (unpaired) electrons. The molecule has 0 bridgehead atoms. The van der Waals surface area contributed by atoms with Crippen LogP contribution < -0.4 is 0 Å². The largest absolute Gasteiger partial charge is 0.456 e. The average molecular weight is 1740 g/mol. The summed E-state index contributed by atoms with van der Waals surface area (Å²) in [5, 5.41) is 57.9. The first-order valence-electron chi connectivity index (χ1n) is 45.1. The number of aromatic nitrogens is 4. The number of hydrogen-bond acceptors (Lipinski definition) is 8. The number of furan rings is 4. The van der Waals surface area contributed by atoms with Gasteiger partial charge in [0.1, 0.15) is 50.7 Å². The lowest BCUT2D eigenvalue weighted by atomic mass is 9.97. The summed E-state index contributed by atoms with van der Waals surface area (Å²) >= 11 is 0. The lowest BCUT2D eigenvalue weighted by Crippen LogP contribution is -2.00. The van der Waals surface area contributed by atoms with Crippen molar-refractivity contribution in [1.29, 1.82) is 21.0 Å². The molecular weight excluding hydrogens is 1670 g/mol. The highest BCUT2D eigenvalue weighted by molar-refractivity contribution is 6.16. The van der Waals surface area contributed by atoms with Crippen LogP contribution in [0.1, 0.15) is 22.3 Å². The van der Waals surface area contributed by atoms with Crippen LogP contribution in [0.4, 0.5) is 0 Å². The van der Waals surface area contributed by atoms with Crippen molar-refractivity contribution < 1.29 is 17.7 Å². The summed E-state index contributed by atoms with van der Waals surface area (Å²) < 4.78 is 33.7. The van der Waals surface area contributed by atoms with Gasteiger partial charge < -0.3 is 35.9 Å². The van der Waals surface area contributed by atoms with Crippen LogP contribution in [0.15, 0.2) is 454 Å². The predicted molar refractivity (Wildman–Crippen MR) is 553 cm³/mol. The van der Waals surface area contributed by atoms with Crippen LogP contribution in [0.2, 0.25) is 0 Å². The van der Waals surface area contributed by atoms with Crippen molar-refractivity contribution in [2.45, 2.75) is 0 Å². The van der Waals surface area contributed by atoms with E-state index in [0.717, 1.165) is 199 Å². The molecule has 8 aromatic heterocycles. The van der Waals surface area contributed by atoms with Gasteiger partial charge in [0.05, 0.1) is 107 Å². The number of para-hydroxylation sites is 13. The second-order valence-corrected chi connectivity index (χ2v) is 34.0. The molecule has 0 fully saturated rings. The first-order chi connectivity index (χ1) is 67.3. The molecule has 8 heterocycles. The Hall–Kier alpha value is -19.2. The Balaban J connectivity index is 0.0000000965. The van der Waals surface area contributed by atoms with Crippen LogP contribution >= 0.6 is 0 Å². The van der Waals surface area contributed by atoms with E-state index in [9.17, 15) is 21.0 Å². The van der Waals surface area contributed by atoms with Crippen molar-refractivity contribution in [3.05, 3.63) is 459 Å². The van der Waals surface area contributed by atoms with Gasteiger partial charge in [-0.15, -0.1) is 0 Å². The SMILES string of the molecule is N#Cc1ccc(-c2ccc3c(c2)oc2ccccc23)c(-n2c3ccccc3c3ccccc32)c1.N#Cc1ccc(-n2c3ccccc3c3ccccc32)c(-c2ccc3c(c2)oc2ccccc23)c1.N#Cc1cccc(-c2ccc3c(c2)oc2ccccc23)c1-n1c2ccccc2c2ccccc21.N#Cc1cccc(-n2c3ccccc3c3ccccc32)c1-c1ccc2c(c1)oc1ccccc12. The van der Waals surface area contributed by atoms with E-state index in [1.165, 1.54) is 43.1 Å². The van der Waals surface area contributed by atoms with Crippen LogP contribution in [0.25, 0.3) is 242 Å². The summed E-state index contributed by atoms with van der Waals surface area (Å²) in [6.07, 6.45) is 0. The monoisotopic (exact) mass is 1740 g/mol. The van der Waals surface area contributed by atoms with E-state index in [0.29, 0.717) is 22.3 Å². The van der Waals surface area contributed by atoms with Crippen molar-refractivity contribution in [1.82, 2.24) is 18.3 Å². The molecule has 0 aliphatic heterocycles. The van der Waals surface area contributed by atoms with E-state index in [4.69, 9.17) is 17.7 Å². The Morgan fingerprint density at radius 1 is 0.169 bits per heavy atom. The molecule has 0 amide bonds. The molecule has 12 heteroatoms. The van der Waals surface area contributed by atoms with Gasteiger partial charge in [0, 0.05) is 108 Å². The Labute approximate surface area is 777 Å². The minimum Gasteiger partial charge on any atom is -0.456 e. The standard InChI is InChI=1S/4C31H18N2O/c32-19-21-8-7-12-22(20-16-17-26-25-11-3-6-15-29(25)34-30(26)18-20)31(21)33-27-13-4-1-9-23(27)24-10-2-5-14-28(24)33;32-19-21-8-7-14-28(33-26-12-4-1-9-22(26)23-10-2-5-13-27(23)33)31(21)20-16-17-25-24-11-3-6-15-29(24)34-30(25)18-20;32-19-20-13-16-29(33-27-10-4-1-7-22(27)23-8-2-5-11-28(23)33)26(17-20)21-14-15-25-24-9-3-6-12-30(24)34-31(25)18-21;32-19-20-13-15-22(21-14-16-26-25-9-3-6-12-30(25)34-31(26)18-21)29(17-20)33-27-10-4-1-7-23(27)24-8-2-5-11-28(24)33/h4*1-18H. The smallest absolute Gasteiger partial charge is 0.136 e. The molecule has 632 valence electrons. The van der Waals surface area contributed by atoms with Gasteiger partial charge in [-0.3, -0.25) is 0 Å². The topological polar surface area (TPSA) is 167 Å². The van der Waals surface area contributed by atoms with Crippen molar-refractivity contribution in [2.75, 3.05) is 0 Å². The number of benzene rings is 20. The number of fused-ring (bicyclic) bond motifs is 24. The Morgan fingerprint density at radius 2 is 0.456 bits per heavy atom. The third-order valence-electron chi connectivity index (χ3n) is 26.6. The van der Waals surface area contributed by atoms with Gasteiger partial charge in [-0.2, -0.15) is 21.0 Å². The summed E-state index contributed by atoms with van der Waals surface area (Å²) in [7, 11) is 0. The minimum atomic E-state index is 0.629. The van der Waals surface area contributed by atoms with E-state index < -0.39 is 0 Å².